The topological polar surface area (TPSA) is 58.1 Å². The van der Waals surface area contributed by atoms with Gasteiger partial charge in [0.25, 0.3) is 5.91 Å². The van der Waals surface area contributed by atoms with E-state index in [1.807, 2.05) is 61.6 Å². The summed E-state index contributed by atoms with van der Waals surface area (Å²) in [5, 5.41) is 4.02. The lowest BCUT2D eigenvalue weighted by Gasteiger charge is -2.17. The summed E-state index contributed by atoms with van der Waals surface area (Å²) in [4.78, 5) is 23.5. The molecule has 0 saturated heterocycles. The number of halogens is 1. The zero-order valence-corrected chi connectivity index (χ0v) is 18.7. The lowest BCUT2D eigenvalue weighted by molar-refractivity contribution is 0.0951. The third-order valence-electron chi connectivity index (χ3n) is 4.46. The fourth-order valence-electron chi connectivity index (χ4n) is 2.93. The van der Waals surface area contributed by atoms with Crippen molar-refractivity contribution in [1.29, 1.82) is 0 Å². The van der Waals surface area contributed by atoms with Crippen LogP contribution in [-0.2, 0) is 12.3 Å². The lowest BCUT2D eigenvalue weighted by Crippen LogP contribution is -2.22. The number of rotatable bonds is 9. The van der Waals surface area contributed by atoms with Crippen LogP contribution in [0.25, 0.3) is 0 Å². The Kier molecular flexibility index (Phi) is 8.11. The average molecular weight is 441 g/mol. The van der Waals surface area contributed by atoms with Crippen LogP contribution in [-0.4, -0.2) is 29.5 Å². The van der Waals surface area contributed by atoms with Crippen LogP contribution in [0.1, 0.15) is 34.8 Å². The first kappa shape index (κ1) is 22.1. The minimum atomic E-state index is -0.0896. The van der Waals surface area contributed by atoms with Crippen molar-refractivity contribution >= 4 is 35.1 Å². The van der Waals surface area contributed by atoms with Gasteiger partial charge in [0, 0.05) is 37.5 Å². The van der Waals surface area contributed by atoms with Gasteiger partial charge in [-0.05, 0) is 29.7 Å². The lowest BCUT2D eigenvalue weighted by atomic mass is 10.1. The molecule has 0 unspecified atom stereocenters. The summed E-state index contributed by atoms with van der Waals surface area (Å²) in [6.45, 7) is 3.53. The molecular formula is C23H25ClN4OS. The molecule has 1 N–H and O–H groups in total. The molecule has 1 amide bonds. The van der Waals surface area contributed by atoms with Crippen LogP contribution in [0, 0.1) is 0 Å². The number of hydrogen-bond donors (Lipinski definition) is 1. The van der Waals surface area contributed by atoms with E-state index in [0.29, 0.717) is 28.2 Å². The molecule has 0 bridgehead atoms. The van der Waals surface area contributed by atoms with Gasteiger partial charge in [0.15, 0.2) is 5.16 Å². The second-order valence-corrected chi connectivity index (χ2v) is 8.24. The Hall–Kier alpha value is -2.57. The highest BCUT2D eigenvalue weighted by Crippen LogP contribution is 2.24. The second-order valence-electron chi connectivity index (χ2n) is 6.91. The number of nitrogens with one attached hydrogen (secondary N) is 1. The van der Waals surface area contributed by atoms with Gasteiger partial charge in [0.05, 0.1) is 0 Å². The van der Waals surface area contributed by atoms with E-state index < -0.39 is 0 Å². The number of amides is 1. The molecule has 0 aliphatic rings. The minimum Gasteiger partial charge on any atom is -0.360 e. The van der Waals surface area contributed by atoms with Crippen molar-refractivity contribution in [2.45, 2.75) is 30.8 Å². The SMILES string of the molecule is CCCN(C)c1cc(Cl)nc(SCc2cccc(C(=O)NCc3ccccc3)c2)n1. The van der Waals surface area contributed by atoms with E-state index in [-0.39, 0.29) is 5.91 Å². The first-order chi connectivity index (χ1) is 14.5. The van der Waals surface area contributed by atoms with Crippen molar-refractivity contribution in [3.8, 4) is 0 Å². The van der Waals surface area contributed by atoms with Gasteiger partial charge >= 0.3 is 0 Å². The van der Waals surface area contributed by atoms with Crippen LogP contribution in [0.15, 0.2) is 65.8 Å². The van der Waals surface area contributed by atoms with Crippen LogP contribution in [0.5, 0.6) is 0 Å². The van der Waals surface area contributed by atoms with Crippen molar-refractivity contribution in [2.24, 2.45) is 0 Å². The standard InChI is InChI=1S/C23H25ClN4OS/c1-3-12-28(2)21-14-20(24)26-23(27-21)30-16-18-10-7-11-19(13-18)22(29)25-15-17-8-5-4-6-9-17/h4-11,13-14H,3,12,15-16H2,1-2H3,(H,25,29). The summed E-state index contributed by atoms with van der Waals surface area (Å²) in [6.07, 6.45) is 1.03. The molecule has 1 aromatic heterocycles. The van der Waals surface area contributed by atoms with Crippen molar-refractivity contribution < 1.29 is 4.79 Å². The molecule has 3 aromatic rings. The van der Waals surface area contributed by atoms with E-state index in [1.165, 1.54) is 11.8 Å². The average Bonchev–Trinajstić information content (AvgIpc) is 2.77. The highest BCUT2D eigenvalue weighted by molar-refractivity contribution is 7.98. The molecule has 1 heterocycles. The van der Waals surface area contributed by atoms with Gasteiger partial charge in [0.2, 0.25) is 0 Å². The highest BCUT2D eigenvalue weighted by Gasteiger charge is 2.10. The molecule has 0 aliphatic heterocycles. The predicted octanol–water partition coefficient (Wildman–Crippen LogP) is 5.20. The van der Waals surface area contributed by atoms with E-state index in [1.54, 1.807) is 6.07 Å². The molecule has 0 radical (unpaired) electrons. The van der Waals surface area contributed by atoms with Gasteiger partial charge in [-0.1, -0.05) is 72.8 Å². The summed E-state index contributed by atoms with van der Waals surface area (Å²) in [5.41, 5.74) is 2.73. The van der Waals surface area contributed by atoms with Crippen molar-refractivity contribution in [1.82, 2.24) is 15.3 Å². The number of carbonyl (C=O) groups excluding carboxylic acids is 1. The fourth-order valence-corrected chi connectivity index (χ4v) is 3.95. The maximum absolute atomic E-state index is 12.5. The molecule has 0 fully saturated rings. The zero-order valence-electron chi connectivity index (χ0n) is 17.1. The van der Waals surface area contributed by atoms with E-state index in [2.05, 4.69) is 27.1 Å². The molecule has 0 saturated carbocycles. The molecule has 30 heavy (non-hydrogen) atoms. The molecule has 7 heteroatoms. The Balaban J connectivity index is 1.62. The summed E-state index contributed by atoms with van der Waals surface area (Å²) in [7, 11) is 1.99. The van der Waals surface area contributed by atoms with Gasteiger partial charge in [-0.3, -0.25) is 4.79 Å². The molecule has 5 nitrogen and oxygen atoms in total. The van der Waals surface area contributed by atoms with E-state index >= 15 is 0 Å². The summed E-state index contributed by atoms with van der Waals surface area (Å²) >= 11 is 7.69. The number of thioether (sulfide) groups is 1. The number of carbonyl (C=O) groups is 1. The minimum absolute atomic E-state index is 0.0896. The quantitative estimate of drug-likeness (QED) is 0.281. The van der Waals surface area contributed by atoms with Gasteiger partial charge in [-0.15, -0.1) is 0 Å². The second kappa shape index (κ2) is 11.0. The largest absolute Gasteiger partial charge is 0.360 e. The Morgan fingerprint density at radius 1 is 1.07 bits per heavy atom. The number of benzene rings is 2. The first-order valence-electron chi connectivity index (χ1n) is 9.84. The van der Waals surface area contributed by atoms with Gasteiger partial charge < -0.3 is 10.2 Å². The summed E-state index contributed by atoms with van der Waals surface area (Å²) in [5.74, 6) is 1.37. The fraction of sp³-hybridized carbons (Fsp3) is 0.261. The predicted molar refractivity (Wildman–Crippen MR) is 124 cm³/mol. The molecule has 0 spiro atoms. The Labute approximate surface area is 186 Å². The van der Waals surface area contributed by atoms with Crippen molar-refractivity contribution in [2.75, 3.05) is 18.5 Å². The number of anilines is 1. The zero-order chi connectivity index (χ0) is 21.3. The van der Waals surface area contributed by atoms with Crippen LogP contribution in [0.2, 0.25) is 5.15 Å². The monoisotopic (exact) mass is 440 g/mol. The van der Waals surface area contributed by atoms with E-state index in [0.717, 1.165) is 29.9 Å². The Morgan fingerprint density at radius 3 is 2.60 bits per heavy atom. The third-order valence-corrected chi connectivity index (χ3v) is 5.58. The first-order valence-corrected chi connectivity index (χ1v) is 11.2. The normalized spacial score (nSPS) is 10.6. The Bertz CT molecular complexity index is 984. The van der Waals surface area contributed by atoms with Crippen LogP contribution >= 0.6 is 23.4 Å². The van der Waals surface area contributed by atoms with Crippen molar-refractivity contribution in [3.63, 3.8) is 0 Å². The highest BCUT2D eigenvalue weighted by atomic mass is 35.5. The molecule has 0 aliphatic carbocycles. The van der Waals surface area contributed by atoms with Crippen LogP contribution in [0.4, 0.5) is 5.82 Å². The molecule has 0 atom stereocenters. The van der Waals surface area contributed by atoms with Gasteiger partial charge in [0.1, 0.15) is 11.0 Å². The van der Waals surface area contributed by atoms with Crippen LogP contribution < -0.4 is 10.2 Å². The summed E-state index contributed by atoms with van der Waals surface area (Å²) in [6, 6.07) is 19.3. The molecule has 156 valence electrons. The third kappa shape index (κ3) is 6.47. The summed E-state index contributed by atoms with van der Waals surface area (Å²) < 4.78 is 0. The Morgan fingerprint density at radius 2 is 1.83 bits per heavy atom. The molecular weight excluding hydrogens is 416 g/mol. The maximum Gasteiger partial charge on any atom is 0.251 e. The van der Waals surface area contributed by atoms with Gasteiger partial charge in [-0.2, -0.15) is 0 Å². The van der Waals surface area contributed by atoms with Crippen LogP contribution in [0.3, 0.4) is 0 Å². The number of nitrogens with zero attached hydrogens (tertiary/aromatic N) is 3. The maximum atomic E-state index is 12.5. The molecule has 3 rings (SSSR count). The smallest absolute Gasteiger partial charge is 0.251 e. The van der Waals surface area contributed by atoms with Gasteiger partial charge in [-0.25, -0.2) is 9.97 Å². The number of aromatic nitrogens is 2. The van der Waals surface area contributed by atoms with Crippen molar-refractivity contribution in [3.05, 3.63) is 82.5 Å². The van der Waals surface area contributed by atoms with E-state index in [4.69, 9.17) is 11.6 Å². The molecule has 2 aromatic carbocycles. The number of hydrogen-bond acceptors (Lipinski definition) is 5. The van der Waals surface area contributed by atoms with E-state index in [9.17, 15) is 4.79 Å².